The molecule has 4 rings (SSSR count). The fourth-order valence-corrected chi connectivity index (χ4v) is 8.26. The van der Waals surface area contributed by atoms with Crippen LogP contribution in [0.3, 0.4) is 0 Å². The Labute approximate surface area is 396 Å². The number of carbonyl (C=O) groups excluding carboxylic acids is 7. The van der Waals surface area contributed by atoms with Crippen LogP contribution >= 0.6 is 12.6 Å². The first-order valence-corrected chi connectivity index (χ1v) is 23.4. The zero-order chi connectivity index (χ0) is 49.4. The maximum Gasteiger partial charge on any atom is 0.327 e. The summed E-state index contributed by atoms with van der Waals surface area (Å²) in [6.45, 7) is 7.77. The molecular formula is C46H67N9O11S. The van der Waals surface area contributed by atoms with Crippen molar-refractivity contribution in [2.75, 3.05) is 25.4 Å². The number of carboxylic acid groups (broad SMARTS) is 1. The van der Waals surface area contributed by atoms with Gasteiger partial charge in [0.1, 0.15) is 53.8 Å². The summed E-state index contributed by atoms with van der Waals surface area (Å²) in [5.41, 5.74) is 7.20. The molecule has 2 aliphatic rings. The molecule has 2 saturated heterocycles. The Morgan fingerprint density at radius 2 is 1.10 bits per heavy atom. The number of hydrogen-bond acceptors (Lipinski definition) is 13. The van der Waals surface area contributed by atoms with Gasteiger partial charge in [0.25, 0.3) is 0 Å². The highest BCUT2D eigenvalue weighted by atomic mass is 32.1. The summed E-state index contributed by atoms with van der Waals surface area (Å²) in [5, 5.41) is 48.2. The van der Waals surface area contributed by atoms with Crippen molar-refractivity contribution < 1.29 is 53.7 Å². The molecular weight excluding hydrogens is 887 g/mol. The van der Waals surface area contributed by atoms with E-state index in [0.717, 1.165) is 6.42 Å². The van der Waals surface area contributed by atoms with Crippen LogP contribution in [0.1, 0.15) is 77.3 Å². The van der Waals surface area contributed by atoms with Crippen molar-refractivity contribution in [1.29, 1.82) is 0 Å². The van der Waals surface area contributed by atoms with Gasteiger partial charge >= 0.3 is 5.97 Å². The van der Waals surface area contributed by atoms with E-state index in [4.69, 9.17) is 5.73 Å². The molecule has 7 amide bonds. The lowest BCUT2D eigenvalue weighted by Gasteiger charge is -2.31. The smallest absolute Gasteiger partial charge is 0.327 e. The number of aliphatic carboxylic acids is 1. The van der Waals surface area contributed by atoms with Gasteiger partial charge in [-0.15, -0.1) is 0 Å². The Bertz CT molecular complexity index is 2030. The van der Waals surface area contributed by atoms with Crippen LogP contribution in [0.5, 0.6) is 11.5 Å². The summed E-state index contributed by atoms with van der Waals surface area (Å²) in [5.74, 6) is -6.36. The number of rotatable bonds is 24. The molecule has 0 unspecified atom stereocenters. The molecule has 0 saturated carbocycles. The van der Waals surface area contributed by atoms with E-state index in [1.54, 1.807) is 26.0 Å². The normalized spacial score (nSPS) is 18.5. The number of thiol groups is 1. The van der Waals surface area contributed by atoms with Crippen LogP contribution in [-0.2, 0) is 51.2 Å². The molecule has 0 spiro atoms. The number of benzene rings is 2. The summed E-state index contributed by atoms with van der Waals surface area (Å²) in [6, 6.07) is 3.07. The molecule has 21 heteroatoms. The van der Waals surface area contributed by atoms with Crippen LogP contribution in [-0.4, -0.2) is 141 Å². The average molecular weight is 954 g/mol. The van der Waals surface area contributed by atoms with Crippen molar-refractivity contribution in [1.82, 2.24) is 42.1 Å². The lowest BCUT2D eigenvalue weighted by atomic mass is 10.00. The van der Waals surface area contributed by atoms with Gasteiger partial charge in [-0.2, -0.15) is 12.6 Å². The quantitative estimate of drug-likeness (QED) is 0.0598. The number of carboxylic acids is 1. The second kappa shape index (κ2) is 25.8. The molecule has 67 heavy (non-hydrogen) atoms. The van der Waals surface area contributed by atoms with Crippen LogP contribution in [0.25, 0.3) is 0 Å². The topological polar surface area (TPSA) is 311 Å². The molecule has 2 heterocycles. The molecule has 0 bridgehead atoms. The lowest BCUT2D eigenvalue weighted by Crippen LogP contribution is -2.61. The predicted octanol–water partition coefficient (Wildman–Crippen LogP) is -0.400. The number of likely N-dealkylation sites (tertiary alicyclic amines) is 1. The first-order valence-electron chi connectivity index (χ1n) is 22.8. The minimum atomic E-state index is -1.40. The van der Waals surface area contributed by atoms with Crippen molar-refractivity contribution in [3.05, 3.63) is 59.7 Å². The van der Waals surface area contributed by atoms with E-state index in [0.29, 0.717) is 30.5 Å². The first kappa shape index (κ1) is 53.7. The standard InChI is InChI=1S/C46H67N9O11S/c1-25(2)19-32(40(59)54-37(24-67)46(65)66)49-41(60)33(21-27-9-13-29(56)14-10-27)51-43(62)36(23-47)53-44(63)38-8-6-18-55(38)45(64)35(20-26(3)4)52-42(61)34(22-28-11-15-30(57)16-12-28)50-39(58)31-7-5-17-48-31/h9-16,25-26,31-38,48,56-57,67H,5-8,17-24,47H2,1-4H3,(H,49,60)(H,50,58)(H,51,62)(H,52,61)(H,53,63)(H,54,59)(H,65,66)/t31-,32-,33-,34-,35-,36-,37-,38-/m0/s1. The first-order chi connectivity index (χ1) is 31.8. The fourth-order valence-electron chi connectivity index (χ4n) is 8.01. The summed E-state index contributed by atoms with van der Waals surface area (Å²) in [7, 11) is 0. The maximum absolute atomic E-state index is 14.4. The molecule has 0 aromatic heterocycles. The molecule has 12 N–H and O–H groups in total. The third-order valence-electron chi connectivity index (χ3n) is 11.6. The number of hydrogen-bond donors (Lipinski definition) is 12. The van der Waals surface area contributed by atoms with Crippen molar-refractivity contribution in [2.45, 2.75) is 127 Å². The van der Waals surface area contributed by atoms with E-state index in [2.05, 4.69) is 49.8 Å². The predicted molar refractivity (Wildman–Crippen MR) is 250 cm³/mol. The van der Waals surface area contributed by atoms with Gasteiger partial charge in [0.2, 0.25) is 41.4 Å². The maximum atomic E-state index is 14.4. The summed E-state index contributed by atoms with van der Waals surface area (Å²) in [6.07, 6.45) is 2.32. The Hall–Kier alpha value is -5.93. The van der Waals surface area contributed by atoms with Crippen LogP contribution in [0, 0.1) is 11.8 Å². The van der Waals surface area contributed by atoms with E-state index in [9.17, 15) is 53.7 Å². The molecule has 8 atom stereocenters. The lowest BCUT2D eigenvalue weighted by molar-refractivity contribution is -0.143. The third kappa shape index (κ3) is 16.4. The minimum absolute atomic E-state index is 0.0321. The molecule has 2 aromatic rings. The summed E-state index contributed by atoms with van der Waals surface area (Å²) < 4.78 is 0. The van der Waals surface area contributed by atoms with Crippen LogP contribution in [0.2, 0.25) is 0 Å². The Morgan fingerprint density at radius 1 is 0.642 bits per heavy atom. The molecule has 2 fully saturated rings. The molecule has 0 radical (unpaired) electrons. The highest BCUT2D eigenvalue weighted by Gasteiger charge is 2.40. The number of carbonyl (C=O) groups is 8. The summed E-state index contributed by atoms with van der Waals surface area (Å²) >= 11 is 4.00. The number of nitrogens with one attached hydrogen (secondary N) is 7. The van der Waals surface area contributed by atoms with Crippen LogP contribution < -0.4 is 43.0 Å². The molecule has 20 nitrogen and oxygen atoms in total. The van der Waals surface area contributed by atoms with Crippen molar-refractivity contribution in [3.8, 4) is 11.5 Å². The van der Waals surface area contributed by atoms with E-state index >= 15 is 0 Å². The number of amides is 7. The van der Waals surface area contributed by atoms with Gasteiger partial charge in [-0.05, 0) is 92.3 Å². The van der Waals surface area contributed by atoms with Gasteiger partial charge < -0.3 is 63.2 Å². The van der Waals surface area contributed by atoms with Gasteiger partial charge in [-0.1, -0.05) is 52.0 Å². The van der Waals surface area contributed by atoms with Crippen molar-refractivity contribution >= 4 is 59.9 Å². The highest BCUT2D eigenvalue weighted by Crippen LogP contribution is 2.22. The average Bonchev–Trinajstić information content (AvgIpc) is 4.01. The van der Waals surface area contributed by atoms with Gasteiger partial charge in [0, 0.05) is 31.7 Å². The van der Waals surface area contributed by atoms with E-state index in [1.165, 1.54) is 41.3 Å². The summed E-state index contributed by atoms with van der Waals surface area (Å²) in [4.78, 5) is 110. The Kier molecular flexibility index (Phi) is 20.7. The number of nitrogens with zero attached hydrogens (tertiary/aromatic N) is 1. The fraction of sp³-hybridized carbons (Fsp3) is 0.565. The second-order valence-corrected chi connectivity index (χ2v) is 18.3. The van der Waals surface area contributed by atoms with Crippen LogP contribution in [0.4, 0.5) is 0 Å². The van der Waals surface area contributed by atoms with E-state index in [1.807, 2.05) is 13.8 Å². The second-order valence-electron chi connectivity index (χ2n) is 18.0. The van der Waals surface area contributed by atoms with Gasteiger partial charge in [-0.3, -0.25) is 33.6 Å². The van der Waals surface area contributed by atoms with Gasteiger partial charge in [0.05, 0.1) is 6.04 Å². The third-order valence-corrected chi connectivity index (χ3v) is 11.9. The Balaban J connectivity index is 1.51. The number of nitrogens with two attached hydrogens (primary N) is 1. The zero-order valence-corrected chi connectivity index (χ0v) is 39.4. The number of phenolic OH excluding ortho intramolecular Hbond substituents is 2. The van der Waals surface area contributed by atoms with Crippen molar-refractivity contribution in [2.24, 2.45) is 17.6 Å². The molecule has 0 aliphatic carbocycles. The van der Waals surface area contributed by atoms with Gasteiger partial charge in [0.15, 0.2) is 0 Å². The van der Waals surface area contributed by atoms with Gasteiger partial charge in [-0.25, -0.2) is 4.79 Å². The Morgan fingerprint density at radius 3 is 1.60 bits per heavy atom. The monoisotopic (exact) mass is 953 g/mol. The molecule has 368 valence electrons. The minimum Gasteiger partial charge on any atom is -0.508 e. The molecule has 2 aromatic carbocycles. The van der Waals surface area contributed by atoms with E-state index in [-0.39, 0.29) is 73.6 Å². The van der Waals surface area contributed by atoms with E-state index < -0.39 is 96.3 Å². The molecule has 2 aliphatic heterocycles. The zero-order valence-electron chi connectivity index (χ0n) is 38.5. The number of phenols is 2. The van der Waals surface area contributed by atoms with Crippen molar-refractivity contribution in [3.63, 3.8) is 0 Å². The van der Waals surface area contributed by atoms with Crippen LogP contribution in [0.15, 0.2) is 48.5 Å². The highest BCUT2D eigenvalue weighted by molar-refractivity contribution is 7.80. The number of aromatic hydroxyl groups is 2. The largest absolute Gasteiger partial charge is 0.508 e. The SMILES string of the molecule is CC(C)C[C@H](NC(=O)[C@H](Cc1ccc(O)cc1)NC(=O)[C@H](CN)NC(=O)[C@@H]1CCCN1C(=O)[C@H](CC(C)C)NC(=O)[C@H](Cc1ccc(O)cc1)NC(=O)[C@@H]1CCCN1)C(=O)N[C@@H](CS)C(=O)O.